The summed E-state index contributed by atoms with van der Waals surface area (Å²) in [6.07, 6.45) is 3.26. The van der Waals surface area contributed by atoms with Gasteiger partial charge in [0.2, 0.25) is 0 Å². The number of aromatic nitrogens is 2. The minimum Gasteiger partial charge on any atom is -0.307 e. The molecule has 2 nitrogen and oxygen atoms in total. The first-order valence-electron chi connectivity index (χ1n) is 18.4. The van der Waals surface area contributed by atoms with E-state index in [9.17, 15) is 0 Å². The van der Waals surface area contributed by atoms with Crippen molar-refractivity contribution in [2.75, 3.05) is 0 Å². The highest BCUT2D eigenvalue weighted by Gasteiger charge is 2.22. The number of aryl methyl sites for hydroxylation is 1. The summed E-state index contributed by atoms with van der Waals surface area (Å²) in [5.74, 6) is 0.590. The molecule has 0 aliphatic heterocycles. The topological polar surface area (TPSA) is 9.86 Å². The molecule has 7 aromatic carbocycles. The van der Waals surface area contributed by atoms with Gasteiger partial charge in [0.15, 0.2) is 0 Å². The standard InChI is InChI=1S/C49H42N2/c1-4-11-34-16-28-46-44(31-34)42-26-27-43-45-32-35(30-33(2)3)17-29-47(45)51(41-24-20-39(21-25-41)37-14-9-6-10-15-37)49(43)48(42)50(46)40-22-18-38(19-23-40)36-12-7-5-8-13-36/h5-10,12-29,31-33H,4,11,30H2,1-3H3. The second-order valence-corrected chi connectivity index (χ2v) is 14.4. The van der Waals surface area contributed by atoms with Crippen LogP contribution < -0.4 is 0 Å². The van der Waals surface area contributed by atoms with Gasteiger partial charge in [-0.1, -0.05) is 136 Å². The third kappa shape index (κ3) is 5.43. The van der Waals surface area contributed by atoms with Gasteiger partial charge in [0.25, 0.3) is 0 Å². The fourth-order valence-corrected chi connectivity index (χ4v) is 8.14. The molecule has 0 fully saturated rings. The van der Waals surface area contributed by atoms with Gasteiger partial charge < -0.3 is 9.13 Å². The molecule has 9 aromatic rings. The molecule has 0 amide bonds. The molecule has 9 rings (SSSR count). The fourth-order valence-electron chi connectivity index (χ4n) is 8.14. The normalized spacial score (nSPS) is 11.8. The predicted molar refractivity (Wildman–Crippen MR) is 219 cm³/mol. The van der Waals surface area contributed by atoms with E-state index in [1.807, 2.05) is 0 Å². The Bertz CT molecular complexity index is 2660. The minimum atomic E-state index is 0.590. The van der Waals surface area contributed by atoms with Crippen LogP contribution in [0.2, 0.25) is 0 Å². The maximum Gasteiger partial charge on any atom is 0.0788 e. The zero-order chi connectivity index (χ0) is 34.5. The maximum absolute atomic E-state index is 2.52. The number of nitrogens with zero attached hydrogens (tertiary/aromatic N) is 2. The number of fused-ring (bicyclic) bond motifs is 7. The van der Waals surface area contributed by atoms with Crippen molar-refractivity contribution in [3.05, 3.63) is 169 Å². The summed E-state index contributed by atoms with van der Waals surface area (Å²) in [7, 11) is 0. The summed E-state index contributed by atoms with van der Waals surface area (Å²) >= 11 is 0. The van der Waals surface area contributed by atoms with Gasteiger partial charge in [-0.2, -0.15) is 0 Å². The Morgan fingerprint density at radius 2 is 0.863 bits per heavy atom. The Kier molecular flexibility index (Phi) is 7.81. The third-order valence-corrected chi connectivity index (χ3v) is 10.4. The Morgan fingerprint density at radius 3 is 1.31 bits per heavy atom. The van der Waals surface area contributed by atoms with Gasteiger partial charge in [-0.25, -0.2) is 0 Å². The van der Waals surface area contributed by atoms with Crippen molar-refractivity contribution in [2.45, 2.75) is 40.0 Å². The molecule has 0 saturated carbocycles. The summed E-state index contributed by atoms with van der Waals surface area (Å²) in [6, 6.07) is 58.6. The lowest BCUT2D eigenvalue weighted by Gasteiger charge is -2.14. The highest BCUT2D eigenvalue weighted by Crippen LogP contribution is 2.42. The Morgan fingerprint density at radius 1 is 0.431 bits per heavy atom. The minimum absolute atomic E-state index is 0.590. The molecule has 0 unspecified atom stereocenters. The van der Waals surface area contributed by atoms with E-state index in [1.54, 1.807) is 0 Å². The molecule has 51 heavy (non-hydrogen) atoms. The van der Waals surface area contributed by atoms with Crippen molar-refractivity contribution in [3.8, 4) is 33.6 Å². The summed E-state index contributed by atoms with van der Waals surface area (Å²) in [5.41, 5.74) is 15.0. The molecular weight excluding hydrogens is 617 g/mol. The van der Waals surface area contributed by atoms with Gasteiger partial charge in [-0.05, 0) is 101 Å². The Balaban J connectivity index is 1.37. The van der Waals surface area contributed by atoms with Crippen molar-refractivity contribution < 1.29 is 0 Å². The second kappa shape index (κ2) is 12.8. The molecule has 0 aliphatic carbocycles. The average Bonchev–Trinajstić information content (AvgIpc) is 3.68. The molecule has 248 valence electrons. The molecule has 0 atom stereocenters. The van der Waals surface area contributed by atoms with Gasteiger partial charge in [0, 0.05) is 32.9 Å². The summed E-state index contributed by atoms with van der Waals surface area (Å²) in [6.45, 7) is 6.87. The number of hydrogen-bond donors (Lipinski definition) is 0. The summed E-state index contributed by atoms with van der Waals surface area (Å²) < 4.78 is 5.03. The number of hydrogen-bond acceptors (Lipinski definition) is 0. The Labute approximate surface area is 300 Å². The number of benzene rings is 7. The predicted octanol–water partition coefficient (Wildman–Crippen LogP) is 13.4. The van der Waals surface area contributed by atoms with Crippen LogP contribution in [-0.4, -0.2) is 9.13 Å². The maximum atomic E-state index is 2.52. The first-order chi connectivity index (χ1) is 25.1. The lowest BCUT2D eigenvalue weighted by Crippen LogP contribution is -1.99. The Hall–Kier alpha value is -5.86. The van der Waals surface area contributed by atoms with Crippen LogP contribution in [0.5, 0.6) is 0 Å². The van der Waals surface area contributed by atoms with Crippen LogP contribution in [0.1, 0.15) is 38.3 Å². The zero-order valence-corrected chi connectivity index (χ0v) is 29.6. The molecule has 0 saturated heterocycles. The highest BCUT2D eigenvalue weighted by molar-refractivity contribution is 6.24. The fraction of sp³-hybridized carbons (Fsp3) is 0.143. The van der Waals surface area contributed by atoms with E-state index in [0.29, 0.717) is 5.92 Å². The van der Waals surface area contributed by atoms with Gasteiger partial charge in [-0.3, -0.25) is 0 Å². The van der Waals surface area contributed by atoms with Crippen LogP contribution in [0.25, 0.3) is 77.2 Å². The van der Waals surface area contributed by atoms with E-state index in [4.69, 9.17) is 0 Å². The third-order valence-electron chi connectivity index (χ3n) is 10.4. The van der Waals surface area contributed by atoms with Crippen LogP contribution >= 0.6 is 0 Å². The number of rotatable bonds is 8. The van der Waals surface area contributed by atoms with Gasteiger partial charge in [-0.15, -0.1) is 0 Å². The van der Waals surface area contributed by atoms with Crippen LogP contribution in [0, 0.1) is 5.92 Å². The summed E-state index contributed by atoms with van der Waals surface area (Å²) in [5, 5.41) is 5.19. The van der Waals surface area contributed by atoms with E-state index in [2.05, 4.69) is 188 Å². The zero-order valence-electron chi connectivity index (χ0n) is 29.6. The van der Waals surface area contributed by atoms with Crippen molar-refractivity contribution >= 4 is 43.6 Å². The molecular formula is C49H42N2. The van der Waals surface area contributed by atoms with Crippen LogP contribution in [0.3, 0.4) is 0 Å². The highest BCUT2D eigenvalue weighted by atomic mass is 15.0. The molecule has 2 heterocycles. The SMILES string of the molecule is CCCc1ccc2c(c1)c1ccc3c4cc(CC(C)C)ccc4n(-c4ccc(-c5ccccc5)cc4)c3c1n2-c1ccc(-c2ccccc2)cc1. The monoisotopic (exact) mass is 658 g/mol. The van der Waals surface area contributed by atoms with Gasteiger partial charge in [0.1, 0.15) is 0 Å². The molecule has 0 radical (unpaired) electrons. The van der Waals surface area contributed by atoms with E-state index < -0.39 is 0 Å². The molecule has 0 aliphatic rings. The molecule has 0 spiro atoms. The van der Waals surface area contributed by atoms with E-state index in [-0.39, 0.29) is 0 Å². The van der Waals surface area contributed by atoms with Crippen molar-refractivity contribution in [3.63, 3.8) is 0 Å². The lowest BCUT2D eigenvalue weighted by molar-refractivity contribution is 0.648. The van der Waals surface area contributed by atoms with Crippen LogP contribution in [-0.2, 0) is 12.8 Å². The van der Waals surface area contributed by atoms with Crippen LogP contribution in [0.15, 0.2) is 158 Å². The van der Waals surface area contributed by atoms with Gasteiger partial charge >= 0.3 is 0 Å². The van der Waals surface area contributed by atoms with E-state index in [0.717, 1.165) is 19.3 Å². The molecule has 2 heteroatoms. The first kappa shape index (κ1) is 31.1. The quantitative estimate of drug-likeness (QED) is 0.154. The molecule has 0 bridgehead atoms. The smallest absolute Gasteiger partial charge is 0.0788 e. The van der Waals surface area contributed by atoms with Crippen molar-refractivity contribution in [1.29, 1.82) is 0 Å². The van der Waals surface area contributed by atoms with E-state index >= 15 is 0 Å². The van der Waals surface area contributed by atoms with E-state index in [1.165, 1.54) is 88.4 Å². The van der Waals surface area contributed by atoms with Crippen molar-refractivity contribution in [1.82, 2.24) is 9.13 Å². The lowest BCUT2D eigenvalue weighted by atomic mass is 10.0. The van der Waals surface area contributed by atoms with Gasteiger partial charge in [0.05, 0.1) is 22.1 Å². The molecule has 2 aromatic heterocycles. The summed E-state index contributed by atoms with van der Waals surface area (Å²) in [4.78, 5) is 0. The van der Waals surface area contributed by atoms with Crippen molar-refractivity contribution in [2.24, 2.45) is 5.92 Å². The average molecular weight is 659 g/mol. The second-order valence-electron chi connectivity index (χ2n) is 14.4. The van der Waals surface area contributed by atoms with Crippen LogP contribution in [0.4, 0.5) is 0 Å². The first-order valence-corrected chi connectivity index (χ1v) is 18.4. The molecule has 0 N–H and O–H groups in total. The largest absolute Gasteiger partial charge is 0.307 e.